The molecule has 0 aliphatic rings. The molecule has 0 aliphatic carbocycles. The summed E-state index contributed by atoms with van der Waals surface area (Å²) in [6, 6.07) is 9.56. The first-order chi connectivity index (χ1) is 9.69. The highest BCUT2D eigenvalue weighted by Gasteiger charge is 2.09. The highest BCUT2D eigenvalue weighted by molar-refractivity contribution is 5.82. The van der Waals surface area contributed by atoms with Gasteiger partial charge in [-0.25, -0.2) is 10.4 Å². The average Bonchev–Trinajstić information content (AvgIpc) is 2.80. The first kappa shape index (κ1) is 13.9. The van der Waals surface area contributed by atoms with E-state index in [1.54, 1.807) is 10.9 Å². The number of amides is 1. The monoisotopic (exact) mass is 271 g/mol. The molecule has 0 bridgehead atoms. The molecule has 0 atom stereocenters. The molecule has 0 radical (unpaired) electrons. The predicted molar refractivity (Wildman–Crippen MR) is 76.3 cm³/mol. The number of hydrazone groups is 1. The fraction of sp³-hybridized carbons (Fsp3) is 0.286. The van der Waals surface area contributed by atoms with E-state index in [4.69, 9.17) is 0 Å². The number of hydrogen-bond acceptors (Lipinski definition) is 4. The van der Waals surface area contributed by atoms with E-state index in [1.165, 1.54) is 0 Å². The Kier molecular flexibility index (Phi) is 4.60. The van der Waals surface area contributed by atoms with Crippen LogP contribution in [0.5, 0.6) is 0 Å². The van der Waals surface area contributed by atoms with Crippen LogP contribution in [0.15, 0.2) is 35.4 Å². The molecule has 0 spiro atoms. The summed E-state index contributed by atoms with van der Waals surface area (Å²) in [5, 5.41) is 8.13. The Morgan fingerprint density at radius 2 is 2.15 bits per heavy atom. The lowest BCUT2D eigenvalue weighted by Crippen LogP contribution is -2.20. The molecular weight excluding hydrogens is 254 g/mol. The lowest BCUT2D eigenvalue weighted by molar-refractivity contribution is -0.120. The maximum absolute atomic E-state index is 11.7. The van der Waals surface area contributed by atoms with Crippen LogP contribution in [-0.4, -0.2) is 26.9 Å². The van der Waals surface area contributed by atoms with Crippen LogP contribution in [0.1, 0.15) is 24.1 Å². The Hall–Kier alpha value is -2.50. The maximum Gasteiger partial charge on any atom is 0.247 e. The van der Waals surface area contributed by atoms with Crippen LogP contribution in [0, 0.1) is 6.92 Å². The molecule has 0 aliphatic heterocycles. The van der Waals surface area contributed by atoms with Gasteiger partial charge in [-0.3, -0.25) is 9.48 Å². The molecule has 0 fully saturated rings. The van der Waals surface area contributed by atoms with Gasteiger partial charge in [-0.1, -0.05) is 30.3 Å². The maximum atomic E-state index is 11.7. The molecule has 2 aromatic rings. The summed E-state index contributed by atoms with van der Waals surface area (Å²) in [6.45, 7) is 4.59. The molecule has 1 amide bonds. The third-order valence-corrected chi connectivity index (χ3v) is 2.72. The minimum Gasteiger partial charge on any atom is -0.273 e. The summed E-state index contributed by atoms with van der Waals surface area (Å²) in [4.78, 5) is 15.9. The molecule has 6 nitrogen and oxygen atoms in total. The van der Waals surface area contributed by atoms with E-state index in [-0.39, 0.29) is 12.3 Å². The van der Waals surface area contributed by atoms with Crippen LogP contribution in [0.2, 0.25) is 0 Å². The van der Waals surface area contributed by atoms with Crippen LogP contribution >= 0.6 is 0 Å². The summed E-state index contributed by atoms with van der Waals surface area (Å²) in [6.07, 6.45) is 1.72. The van der Waals surface area contributed by atoms with Crippen LogP contribution in [-0.2, 0) is 17.8 Å². The van der Waals surface area contributed by atoms with E-state index in [1.807, 2.05) is 44.2 Å². The summed E-state index contributed by atoms with van der Waals surface area (Å²) >= 11 is 0. The van der Waals surface area contributed by atoms with E-state index in [2.05, 4.69) is 20.6 Å². The Morgan fingerprint density at radius 3 is 2.80 bits per heavy atom. The third kappa shape index (κ3) is 3.74. The topological polar surface area (TPSA) is 72.2 Å². The van der Waals surface area contributed by atoms with Crippen LogP contribution in [0.4, 0.5) is 0 Å². The second kappa shape index (κ2) is 6.60. The molecule has 0 saturated carbocycles. The van der Waals surface area contributed by atoms with Gasteiger partial charge in [0.15, 0.2) is 5.82 Å². The van der Waals surface area contributed by atoms with Gasteiger partial charge in [0, 0.05) is 6.54 Å². The number of nitrogens with one attached hydrogen (secondary N) is 1. The predicted octanol–water partition coefficient (Wildman–Crippen LogP) is 1.30. The molecule has 1 aromatic heterocycles. The second-order valence-corrected chi connectivity index (χ2v) is 4.27. The molecule has 1 heterocycles. The average molecular weight is 271 g/mol. The Balaban J connectivity index is 1.88. The van der Waals surface area contributed by atoms with Gasteiger partial charge in [0.05, 0.1) is 12.6 Å². The van der Waals surface area contributed by atoms with Crippen LogP contribution in [0.25, 0.3) is 0 Å². The van der Waals surface area contributed by atoms with Gasteiger partial charge in [-0.15, -0.1) is 0 Å². The molecule has 20 heavy (non-hydrogen) atoms. The standard InChI is InChI=1S/C14H17N5O/c1-3-19-11(2)16-13(18-19)9-14(20)17-15-10-12-7-5-4-6-8-12/h4-8,10H,3,9H2,1-2H3,(H,17,20)/b15-10+. The van der Waals surface area contributed by atoms with Gasteiger partial charge in [0.25, 0.3) is 0 Å². The molecule has 0 unspecified atom stereocenters. The van der Waals surface area contributed by atoms with Crippen molar-refractivity contribution in [3.05, 3.63) is 47.5 Å². The highest BCUT2D eigenvalue weighted by atomic mass is 16.2. The van der Waals surface area contributed by atoms with Crippen molar-refractivity contribution >= 4 is 12.1 Å². The highest BCUT2D eigenvalue weighted by Crippen LogP contribution is 1.98. The minimum atomic E-state index is -0.231. The minimum absolute atomic E-state index is 0.125. The summed E-state index contributed by atoms with van der Waals surface area (Å²) in [5.74, 6) is 1.09. The number of hydrogen-bond donors (Lipinski definition) is 1. The largest absolute Gasteiger partial charge is 0.273 e. The van der Waals surface area contributed by atoms with Crippen molar-refractivity contribution in [3.63, 3.8) is 0 Å². The van der Waals surface area contributed by atoms with Crippen molar-refractivity contribution in [2.24, 2.45) is 5.10 Å². The van der Waals surface area contributed by atoms with E-state index < -0.39 is 0 Å². The molecule has 0 saturated heterocycles. The zero-order chi connectivity index (χ0) is 14.4. The van der Waals surface area contributed by atoms with Gasteiger partial charge in [0.1, 0.15) is 5.82 Å². The van der Waals surface area contributed by atoms with Crippen molar-refractivity contribution < 1.29 is 4.79 Å². The number of nitrogens with zero attached hydrogens (tertiary/aromatic N) is 4. The molecule has 1 aromatic carbocycles. The zero-order valence-corrected chi connectivity index (χ0v) is 11.6. The van der Waals surface area contributed by atoms with Gasteiger partial charge < -0.3 is 0 Å². The lowest BCUT2D eigenvalue weighted by Gasteiger charge is -1.96. The fourth-order valence-electron chi connectivity index (χ4n) is 1.75. The van der Waals surface area contributed by atoms with E-state index in [9.17, 15) is 4.79 Å². The molecule has 1 N–H and O–H groups in total. The first-order valence-corrected chi connectivity index (χ1v) is 6.46. The van der Waals surface area contributed by atoms with Crippen LogP contribution < -0.4 is 5.43 Å². The van der Waals surface area contributed by atoms with Crippen molar-refractivity contribution in [2.75, 3.05) is 0 Å². The van der Waals surface area contributed by atoms with Crippen molar-refractivity contribution in [1.29, 1.82) is 0 Å². The number of carbonyl (C=O) groups is 1. The number of benzene rings is 1. The van der Waals surface area contributed by atoms with E-state index in [0.717, 1.165) is 17.9 Å². The van der Waals surface area contributed by atoms with Crippen molar-refractivity contribution in [3.8, 4) is 0 Å². The van der Waals surface area contributed by atoms with Gasteiger partial charge in [-0.2, -0.15) is 10.2 Å². The smallest absolute Gasteiger partial charge is 0.247 e. The normalized spacial score (nSPS) is 10.9. The van der Waals surface area contributed by atoms with Gasteiger partial charge in [0.2, 0.25) is 5.91 Å². The van der Waals surface area contributed by atoms with Crippen LogP contribution in [0.3, 0.4) is 0 Å². The quantitative estimate of drug-likeness (QED) is 0.658. The summed E-state index contributed by atoms with van der Waals surface area (Å²) in [7, 11) is 0. The number of carbonyl (C=O) groups excluding carboxylic acids is 1. The Bertz CT molecular complexity index is 603. The second-order valence-electron chi connectivity index (χ2n) is 4.27. The number of rotatable bonds is 5. The summed E-state index contributed by atoms with van der Waals surface area (Å²) < 4.78 is 1.76. The number of aromatic nitrogens is 3. The number of aryl methyl sites for hydroxylation is 2. The van der Waals surface area contributed by atoms with E-state index in [0.29, 0.717) is 5.82 Å². The lowest BCUT2D eigenvalue weighted by atomic mass is 10.2. The molecule has 2 rings (SSSR count). The molecule has 104 valence electrons. The summed E-state index contributed by atoms with van der Waals surface area (Å²) in [5.41, 5.74) is 3.40. The molecule has 6 heteroatoms. The van der Waals surface area contributed by atoms with Gasteiger partial charge >= 0.3 is 0 Å². The Labute approximate surface area is 117 Å². The van der Waals surface area contributed by atoms with Crippen molar-refractivity contribution in [2.45, 2.75) is 26.8 Å². The van der Waals surface area contributed by atoms with E-state index >= 15 is 0 Å². The van der Waals surface area contributed by atoms with Gasteiger partial charge in [-0.05, 0) is 19.4 Å². The third-order valence-electron chi connectivity index (χ3n) is 2.72. The van der Waals surface area contributed by atoms with Crippen molar-refractivity contribution in [1.82, 2.24) is 20.2 Å². The Morgan fingerprint density at radius 1 is 1.40 bits per heavy atom. The first-order valence-electron chi connectivity index (χ1n) is 6.46. The molecular formula is C14H17N5O. The fourth-order valence-corrected chi connectivity index (χ4v) is 1.75. The zero-order valence-electron chi connectivity index (χ0n) is 11.6. The SMILES string of the molecule is CCn1nc(CC(=O)N/N=C/c2ccccc2)nc1C.